The Morgan fingerprint density at radius 1 is 0.833 bits per heavy atom. The molecule has 0 amide bonds. The van der Waals surface area contributed by atoms with Crippen molar-refractivity contribution in [2.45, 2.75) is 25.8 Å². The van der Waals surface area contributed by atoms with Crippen molar-refractivity contribution in [2.24, 2.45) is 5.92 Å². The molecule has 2 aromatic heterocycles. The zero-order valence-electron chi connectivity index (χ0n) is 17.0. The summed E-state index contributed by atoms with van der Waals surface area (Å²) in [5, 5.41) is 2.64. The van der Waals surface area contributed by atoms with Gasteiger partial charge in [-0.1, -0.05) is 30.3 Å². The van der Waals surface area contributed by atoms with Crippen molar-refractivity contribution in [2.75, 3.05) is 18.0 Å². The molecule has 0 radical (unpaired) electrons. The zero-order valence-corrected chi connectivity index (χ0v) is 17.0. The molecule has 3 nitrogen and oxygen atoms in total. The summed E-state index contributed by atoms with van der Waals surface area (Å²) >= 11 is 0. The minimum Gasteiger partial charge on any atom is -0.357 e. The van der Waals surface area contributed by atoms with E-state index in [0.717, 1.165) is 42.6 Å². The summed E-state index contributed by atoms with van der Waals surface area (Å²) in [4.78, 5) is 7.22. The van der Waals surface area contributed by atoms with Gasteiger partial charge in [-0.25, -0.2) is 9.37 Å². The summed E-state index contributed by atoms with van der Waals surface area (Å²) < 4.78 is 15.5. The predicted molar refractivity (Wildman–Crippen MR) is 121 cm³/mol. The first-order valence-corrected chi connectivity index (χ1v) is 10.8. The van der Waals surface area contributed by atoms with Crippen LogP contribution in [0.25, 0.3) is 22.0 Å². The number of nitrogens with zero attached hydrogens (tertiary/aromatic N) is 3. The Morgan fingerprint density at radius 2 is 1.53 bits per heavy atom. The number of rotatable bonds is 5. The third kappa shape index (κ3) is 4.09. The minimum atomic E-state index is -0.218. The Morgan fingerprint density at radius 3 is 2.23 bits per heavy atom. The second kappa shape index (κ2) is 8.31. The Hall–Kier alpha value is -3.14. The lowest BCUT2D eigenvalue weighted by molar-refractivity contribution is 0.361. The van der Waals surface area contributed by atoms with E-state index in [-0.39, 0.29) is 5.82 Å². The molecule has 0 atom stereocenters. The van der Waals surface area contributed by atoms with E-state index in [1.165, 1.54) is 42.2 Å². The van der Waals surface area contributed by atoms with Gasteiger partial charge in [0.25, 0.3) is 0 Å². The lowest BCUT2D eigenvalue weighted by atomic mass is 9.93. The third-order valence-electron chi connectivity index (χ3n) is 6.21. The average molecular weight is 400 g/mol. The summed E-state index contributed by atoms with van der Waals surface area (Å²) in [6, 6.07) is 21.2. The highest BCUT2D eigenvalue weighted by Crippen LogP contribution is 2.27. The molecule has 0 spiro atoms. The predicted octanol–water partition coefficient (Wildman–Crippen LogP) is 6.15. The van der Waals surface area contributed by atoms with E-state index in [9.17, 15) is 4.39 Å². The van der Waals surface area contributed by atoms with Crippen LogP contribution in [0, 0.1) is 11.7 Å². The largest absolute Gasteiger partial charge is 0.357 e. The molecular formula is C26H26FN3. The molecule has 0 unspecified atom stereocenters. The number of halogens is 1. The van der Waals surface area contributed by atoms with Gasteiger partial charge in [0.1, 0.15) is 11.6 Å². The van der Waals surface area contributed by atoms with Gasteiger partial charge in [-0.3, -0.25) is 0 Å². The van der Waals surface area contributed by atoms with Gasteiger partial charge in [0.2, 0.25) is 0 Å². The van der Waals surface area contributed by atoms with Crippen LogP contribution in [0.2, 0.25) is 0 Å². The van der Waals surface area contributed by atoms with E-state index in [4.69, 9.17) is 4.98 Å². The Balaban J connectivity index is 1.18. The second-order valence-electron chi connectivity index (χ2n) is 8.23. The number of piperidine rings is 1. The average Bonchev–Trinajstić information content (AvgIpc) is 3.22. The monoisotopic (exact) mass is 399 g/mol. The van der Waals surface area contributed by atoms with Crippen LogP contribution in [0.15, 0.2) is 79.1 Å². The van der Waals surface area contributed by atoms with Crippen molar-refractivity contribution in [1.29, 1.82) is 0 Å². The maximum Gasteiger partial charge on any atom is 0.129 e. The normalized spacial score (nSPS) is 15.0. The first-order chi connectivity index (χ1) is 14.7. The molecule has 0 saturated carbocycles. The molecule has 0 aliphatic carbocycles. The molecule has 1 saturated heterocycles. The van der Waals surface area contributed by atoms with Crippen LogP contribution in [0.3, 0.4) is 0 Å². The molecule has 1 aliphatic rings. The molecule has 0 N–H and O–H groups in total. The van der Waals surface area contributed by atoms with E-state index in [2.05, 4.69) is 52.2 Å². The number of anilines is 1. The Kier molecular flexibility index (Phi) is 5.22. The number of aromatic nitrogens is 2. The van der Waals surface area contributed by atoms with Crippen LogP contribution < -0.4 is 4.90 Å². The van der Waals surface area contributed by atoms with Crippen molar-refractivity contribution in [3.05, 3.63) is 84.9 Å². The highest BCUT2D eigenvalue weighted by molar-refractivity contribution is 5.82. The molecule has 30 heavy (non-hydrogen) atoms. The van der Waals surface area contributed by atoms with Crippen LogP contribution in [0.1, 0.15) is 19.3 Å². The molecule has 5 rings (SSSR count). The van der Waals surface area contributed by atoms with Crippen LogP contribution in [-0.2, 0) is 6.54 Å². The summed E-state index contributed by atoms with van der Waals surface area (Å²) in [5.41, 5.74) is 1.85. The highest BCUT2D eigenvalue weighted by Gasteiger charge is 2.20. The fourth-order valence-electron chi connectivity index (χ4n) is 4.43. The van der Waals surface area contributed by atoms with Crippen molar-refractivity contribution in [1.82, 2.24) is 9.55 Å². The van der Waals surface area contributed by atoms with Crippen LogP contribution in [-0.4, -0.2) is 22.6 Å². The van der Waals surface area contributed by atoms with Crippen molar-refractivity contribution in [3.63, 3.8) is 0 Å². The number of aryl methyl sites for hydroxylation is 1. The van der Waals surface area contributed by atoms with Gasteiger partial charge in [0.05, 0.1) is 5.69 Å². The highest BCUT2D eigenvalue weighted by atomic mass is 19.1. The fraction of sp³-hybridized carbons (Fsp3) is 0.269. The maximum absolute atomic E-state index is 13.2. The third-order valence-corrected chi connectivity index (χ3v) is 6.21. The molecular weight excluding hydrogens is 373 g/mol. The molecule has 3 heterocycles. The summed E-state index contributed by atoms with van der Waals surface area (Å²) in [7, 11) is 0. The first-order valence-electron chi connectivity index (χ1n) is 10.8. The van der Waals surface area contributed by atoms with E-state index in [1.54, 1.807) is 12.1 Å². The molecule has 2 aromatic carbocycles. The lowest BCUT2D eigenvalue weighted by Gasteiger charge is -2.33. The number of pyridine rings is 1. The number of fused-ring (bicyclic) bond motifs is 1. The number of hydrogen-bond donors (Lipinski definition) is 0. The summed E-state index contributed by atoms with van der Waals surface area (Å²) in [6.07, 6.45) is 8.13. The first kappa shape index (κ1) is 18.9. The van der Waals surface area contributed by atoms with Crippen LogP contribution in [0.4, 0.5) is 10.2 Å². The van der Waals surface area contributed by atoms with Crippen molar-refractivity contribution >= 4 is 16.6 Å². The van der Waals surface area contributed by atoms with Crippen molar-refractivity contribution in [3.8, 4) is 11.3 Å². The van der Waals surface area contributed by atoms with Gasteiger partial charge >= 0.3 is 0 Å². The number of hydrogen-bond acceptors (Lipinski definition) is 2. The van der Waals surface area contributed by atoms with Gasteiger partial charge in [-0.15, -0.1) is 0 Å². The molecule has 1 fully saturated rings. The standard InChI is InChI=1S/C26H26FN3/c27-24-10-8-21(9-11-24)25-6-3-7-26(28-25)30-16-13-20(14-17-30)12-15-29-18-22-4-1-2-5-23(22)19-29/h1-11,18-20H,12-17H2. The second-order valence-corrected chi connectivity index (χ2v) is 8.23. The summed E-state index contributed by atoms with van der Waals surface area (Å²) in [6.45, 7) is 3.16. The SMILES string of the molecule is Fc1ccc(-c2cccc(N3CCC(CCn4cc5ccccc5c4)CC3)n2)cc1. The smallest absolute Gasteiger partial charge is 0.129 e. The van der Waals surface area contributed by atoms with Crippen LogP contribution >= 0.6 is 0 Å². The van der Waals surface area contributed by atoms with E-state index < -0.39 is 0 Å². The molecule has 4 aromatic rings. The Bertz CT molecular complexity index is 1090. The molecule has 0 bridgehead atoms. The van der Waals surface area contributed by atoms with Crippen LogP contribution in [0.5, 0.6) is 0 Å². The van der Waals surface area contributed by atoms with E-state index in [0.29, 0.717) is 0 Å². The zero-order chi connectivity index (χ0) is 20.3. The quantitative estimate of drug-likeness (QED) is 0.401. The topological polar surface area (TPSA) is 21.1 Å². The van der Waals surface area contributed by atoms with Gasteiger partial charge < -0.3 is 9.47 Å². The maximum atomic E-state index is 13.2. The molecule has 4 heteroatoms. The number of benzene rings is 2. The summed E-state index contributed by atoms with van der Waals surface area (Å²) in [5.74, 6) is 1.56. The molecule has 1 aliphatic heterocycles. The van der Waals surface area contributed by atoms with Gasteiger partial charge in [0.15, 0.2) is 0 Å². The minimum absolute atomic E-state index is 0.218. The van der Waals surface area contributed by atoms with Crippen molar-refractivity contribution < 1.29 is 4.39 Å². The lowest BCUT2D eigenvalue weighted by Crippen LogP contribution is -2.34. The van der Waals surface area contributed by atoms with E-state index >= 15 is 0 Å². The Labute approximate surface area is 176 Å². The van der Waals surface area contributed by atoms with E-state index in [1.807, 2.05) is 12.1 Å². The van der Waals surface area contributed by atoms with Gasteiger partial charge in [0, 0.05) is 37.6 Å². The molecule has 152 valence electrons. The fourth-order valence-corrected chi connectivity index (χ4v) is 4.43. The van der Waals surface area contributed by atoms with Gasteiger partial charge in [-0.05, 0) is 72.4 Å². The van der Waals surface area contributed by atoms with Gasteiger partial charge in [-0.2, -0.15) is 0 Å².